The molecule has 44 heavy (non-hydrogen) atoms. The van der Waals surface area contributed by atoms with E-state index in [1.165, 1.54) is 28.4 Å². The highest BCUT2D eigenvalue weighted by molar-refractivity contribution is 7.92. The maximum Gasteiger partial charge on any atom is 0.405 e. The van der Waals surface area contributed by atoms with Gasteiger partial charge in [-0.25, -0.2) is 8.42 Å². The van der Waals surface area contributed by atoms with Crippen molar-refractivity contribution in [2.24, 2.45) is 0 Å². The summed E-state index contributed by atoms with van der Waals surface area (Å²) in [4.78, 5) is 53.7. The summed E-state index contributed by atoms with van der Waals surface area (Å²) < 4.78 is 65.1. The minimum Gasteiger partial charge on any atom is -0.344 e. The summed E-state index contributed by atoms with van der Waals surface area (Å²) in [6, 6.07) is 9.53. The molecule has 9 nitrogen and oxygen atoms in total. The van der Waals surface area contributed by atoms with E-state index in [0.29, 0.717) is 23.4 Å². The number of nitrogens with one attached hydrogen (secondary N) is 2. The molecule has 4 rings (SSSR count). The first-order chi connectivity index (χ1) is 20.6. The number of Topliss-reactive ketones (excluding diaryl/α,β-unsaturated/α-hetero) is 1. The van der Waals surface area contributed by atoms with E-state index < -0.39 is 68.8 Å². The average Bonchev–Trinajstić information content (AvgIpc) is 3.65. The number of rotatable bonds is 11. The summed E-state index contributed by atoms with van der Waals surface area (Å²) >= 11 is 12.2. The fourth-order valence-corrected chi connectivity index (χ4v) is 7.74. The van der Waals surface area contributed by atoms with Gasteiger partial charge in [-0.05, 0) is 55.5 Å². The smallest absolute Gasteiger partial charge is 0.344 e. The van der Waals surface area contributed by atoms with E-state index in [2.05, 4.69) is 5.32 Å². The molecule has 1 saturated carbocycles. The van der Waals surface area contributed by atoms with Crippen LogP contribution in [0.3, 0.4) is 0 Å². The van der Waals surface area contributed by atoms with Gasteiger partial charge in [0.1, 0.15) is 12.6 Å². The quantitative estimate of drug-likeness (QED) is 0.347. The van der Waals surface area contributed by atoms with Crippen molar-refractivity contribution in [2.45, 2.75) is 72.8 Å². The molecule has 1 saturated heterocycles. The van der Waals surface area contributed by atoms with Crippen molar-refractivity contribution < 1.29 is 40.8 Å². The molecule has 2 aromatic carbocycles. The summed E-state index contributed by atoms with van der Waals surface area (Å²) in [5.74, 6) is -4.21. The Morgan fingerprint density at radius 3 is 2.25 bits per heavy atom. The molecule has 2 fully saturated rings. The van der Waals surface area contributed by atoms with Crippen LogP contribution in [0.25, 0.3) is 0 Å². The number of hydrogen-bond donors (Lipinski definition) is 2. The third-order valence-corrected chi connectivity index (χ3v) is 10.7. The molecule has 1 aliphatic heterocycles. The van der Waals surface area contributed by atoms with Gasteiger partial charge in [-0.15, -0.1) is 0 Å². The summed E-state index contributed by atoms with van der Waals surface area (Å²) in [5.41, 5.74) is -0.369. The van der Waals surface area contributed by atoms with Crippen LogP contribution < -0.4 is 10.6 Å². The molecule has 2 aromatic rings. The second-order valence-electron chi connectivity index (χ2n) is 10.9. The molecule has 1 heterocycles. The SMILES string of the molecule is CCCC(NC(=O)C1CC(S(=O)(=O)c2ccccc2Cl)CN1C(=O)C1(c2ccc(Cl)cc2)CC1)C(=O)C(=O)NCC(F)(F)F. The van der Waals surface area contributed by atoms with E-state index in [4.69, 9.17) is 23.2 Å². The van der Waals surface area contributed by atoms with Gasteiger partial charge in [0.15, 0.2) is 9.84 Å². The fourth-order valence-electron chi connectivity index (χ4n) is 5.40. The van der Waals surface area contributed by atoms with Crippen LogP contribution in [0.2, 0.25) is 10.0 Å². The predicted octanol–water partition coefficient (Wildman–Crippen LogP) is 4.00. The monoisotopic (exact) mass is 675 g/mol. The molecule has 0 spiro atoms. The van der Waals surface area contributed by atoms with Crippen molar-refractivity contribution in [2.75, 3.05) is 13.1 Å². The van der Waals surface area contributed by atoms with Crippen LogP contribution in [0.5, 0.6) is 0 Å². The van der Waals surface area contributed by atoms with Crippen molar-refractivity contribution in [3.05, 3.63) is 64.1 Å². The van der Waals surface area contributed by atoms with Crippen LogP contribution in [0, 0.1) is 0 Å². The summed E-state index contributed by atoms with van der Waals surface area (Å²) in [7, 11) is -4.15. The molecule has 238 valence electrons. The van der Waals surface area contributed by atoms with E-state index in [9.17, 15) is 40.8 Å². The highest BCUT2D eigenvalue weighted by Gasteiger charge is 2.57. The molecule has 0 aromatic heterocycles. The summed E-state index contributed by atoms with van der Waals surface area (Å²) in [5, 5.41) is 3.09. The first-order valence-electron chi connectivity index (χ1n) is 13.9. The molecule has 0 radical (unpaired) electrons. The Morgan fingerprint density at radius 1 is 1.05 bits per heavy atom. The molecular formula is C29H30Cl2F3N3O6S. The van der Waals surface area contributed by atoms with E-state index in [1.54, 1.807) is 37.3 Å². The number of alkyl halides is 3. The Balaban J connectivity index is 1.64. The first-order valence-corrected chi connectivity index (χ1v) is 16.2. The van der Waals surface area contributed by atoms with Gasteiger partial charge in [0.25, 0.3) is 5.91 Å². The number of hydrogen-bond acceptors (Lipinski definition) is 6. The molecule has 0 bridgehead atoms. The van der Waals surface area contributed by atoms with Gasteiger partial charge in [0.05, 0.1) is 26.6 Å². The lowest BCUT2D eigenvalue weighted by Gasteiger charge is -2.29. The number of carbonyl (C=O) groups excluding carboxylic acids is 4. The van der Waals surface area contributed by atoms with Crippen LogP contribution in [0.1, 0.15) is 44.6 Å². The molecule has 3 unspecified atom stereocenters. The highest BCUT2D eigenvalue weighted by Crippen LogP contribution is 2.51. The van der Waals surface area contributed by atoms with Crippen molar-refractivity contribution in [3.8, 4) is 0 Å². The van der Waals surface area contributed by atoms with Crippen LogP contribution >= 0.6 is 23.2 Å². The molecule has 1 aliphatic carbocycles. The Kier molecular flexibility index (Phi) is 10.0. The van der Waals surface area contributed by atoms with Gasteiger partial charge in [-0.1, -0.05) is 60.8 Å². The molecule has 2 N–H and O–H groups in total. The van der Waals surface area contributed by atoms with Gasteiger partial charge in [0.2, 0.25) is 17.6 Å². The lowest BCUT2D eigenvalue weighted by molar-refractivity contribution is -0.147. The van der Waals surface area contributed by atoms with Crippen molar-refractivity contribution in [1.29, 1.82) is 0 Å². The van der Waals surface area contributed by atoms with E-state index >= 15 is 0 Å². The Bertz CT molecular complexity index is 1550. The first kappa shape index (κ1) is 33.7. The van der Waals surface area contributed by atoms with Gasteiger partial charge >= 0.3 is 6.18 Å². The molecule has 2 aliphatic rings. The number of nitrogens with zero attached hydrogens (tertiary/aromatic N) is 1. The Morgan fingerprint density at radius 2 is 1.68 bits per heavy atom. The zero-order chi connectivity index (χ0) is 32.4. The lowest BCUT2D eigenvalue weighted by Crippen LogP contribution is -2.54. The maximum absolute atomic E-state index is 14.1. The van der Waals surface area contributed by atoms with Gasteiger partial charge in [-0.2, -0.15) is 13.2 Å². The number of halogens is 5. The number of sulfone groups is 1. The van der Waals surface area contributed by atoms with Gasteiger partial charge in [0, 0.05) is 11.6 Å². The zero-order valence-electron chi connectivity index (χ0n) is 23.5. The molecule has 3 amide bonds. The zero-order valence-corrected chi connectivity index (χ0v) is 25.8. The minimum atomic E-state index is -4.75. The number of likely N-dealkylation sites (tertiary alicyclic amines) is 1. The second kappa shape index (κ2) is 13.1. The van der Waals surface area contributed by atoms with Crippen LogP contribution in [-0.4, -0.2) is 73.4 Å². The van der Waals surface area contributed by atoms with Crippen molar-refractivity contribution in [3.63, 3.8) is 0 Å². The highest BCUT2D eigenvalue weighted by atomic mass is 35.5. The van der Waals surface area contributed by atoms with E-state index in [0.717, 1.165) is 0 Å². The third-order valence-electron chi connectivity index (χ3n) is 7.85. The topological polar surface area (TPSA) is 130 Å². The average molecular weight is 677 g/mol. The van der Waals surface area contributed by atoms with Crippen molar-refractivity contribution in [1.82, 2.24) is 15.5 Å². The standard InChI is InChI=1S/C29H30Cl2F3N3O6S/c1-2-5-21(24(38)26(40)35-16-29(32,33)34)36-25(39)22-14-19(44(42,43)23-7-4-3-6-20(23)31)15-37(22)27(41)28(12-13-28)17-8-10-18(30)11-9-17/h3-4,6-11,19,21-22H,2,5,12-16H2,1H3,(H,35,40)(H,36,39). The Labute approximate surface area is 262 Å². The second-order valence-corrected chi connectivity index (χ2v) is 13.9. The number of benzene rings is 2. The maximum atomic E-state index is 14.1. The van der Waals surface area contributed by atoms with Gasteiger partial charge in [-0.3, -0.25) is 19.2 Å². The Hall–Kier alpha value is -3.16. The van der Waals surface area contributed by atoms with Crippen LogP contribution in [-0.2, 0) is 34.4 Å². The fraction of sp³-hybridized carbons (Fsp3) is 0.448. The lowest BCUT2D eigenvalue weighted by atomic mass is 9.94. The number of ketones is 1. The van der Waals surface area contributed by atoms with E-state index in [1.807, 2.05) is 0 Å². The van der Waals surface area contributed by atoms with Crippen molar-refractivity contribution >= 4 is 56.5 Å². The van der Waals surface area contributed by atoms with Crippen LogP contribution in [0.4, 0.5) is 13.2 Å². The molecule has 3 atom stereocenters. The summed E-state index contributed by atoms with van der Waals surface area (Å²) in [6.07, 6.45) is -4.02. The van der Waals surface area contributed by atoms with Crippen LogP contribution in [0.15, 0.2) is 53.4 Å². The van der Waals surface area contributed by atoms with E-state index in [-0.39, 0.29) is 35.7 Å². The van der Waals surface area contributed by atoms with Gasteiger partial charge < -0.3 is 15.5 Å². The predicted molar refractivity (Wildman–Crippen MR) is 156 cm³/mol. The number of amides is 3. The third kappa shape index (κ3) is 7.21. The number of carbonyl (C=O) groups is 4. The molecule has 15 heteroatoms. The molecular weight excluding hydrogens is 646 g/mol. The summed E-state index contributed by atoms with van der Waals surface area (Å²) in [6.45, 7) is -0.442. The minimum absolute atomic E-state index is 0.0309. The normalized spacial score (nSPS) is 20.1. The largest absolute Gasteiger partial charge is 0.405 e.